The summed E-state index contributed by atoms with van der Waals surface area (Å²) >= 11 is 2.00. The van der Waals surface area contributed by atoms with Crippen LogP contribution in [-0.2, 0) is 6.54 Å². The molecule has 0 amide bonds. The molecule has 1 aliphatic rings. The highest BCUT2D eigenvalue weighted by Gasteiger charge is 2.14. The summed E-state index contributed by atoms with van der Waals surface area (Å²) in [6, 6.07) is 4.16. The molecule has 1 saturated heterocycles. The maximum atomic E-state index is 9.05. The van der Waals surface area contributed by atoms with Gasteiger partial charge in [-0.05, 0) is 24.3 Å². The molecule has 0 aliphatic carbocycles. The van der Waals surface area contributed by atoms with E-state index in [0.717, 1.165) is 12.2 Å². The van der Waals surface area contributed by atoms with Crippen LogP contribution in [0.4, 0.5) is 0 Å². The molecule has 2 rings (SSSR count). The number of rotatable bonds is 3. The van der Waals surface area contributed by atoms with Gasteiger partial charge in [0.1, 0.15) is 5.75 Å². The van der Waals surface area contributed by atoms with E-state index in [1.165, 1.54) is 24.1 Å². The molecule has 0 radical (unpaired) electrons. The van der Waals surface area contributed by atoms with Crippen LogP contribution in [0.1, 0.15) is 12.1 Å². The fourth-order valence-electron chi connectivity index (χ4n) is 1.47. The second kappa shape index (κ2) is 4.66. The van der Waals surface area contributed by atoms with E-state index in [-0.39, 0.29) is 5.75 Å². The monoisotopic (exact) mass is 210 g/mol. The summed E-state index contributed by atoms with van der Waals surface area (Å²) in [5.41, 5.74) is 0.986. The van der Waals surface area contributed by atoms with Gasteiger partial charge in [-0.2, -0.15) is 11.8 Å². The van der Waals surface area contributed by atoms with Crippen LogP contribution in [0.5, 0.6) is 5.75 Å². The Kier molecular flexibility index (Phi) is 3.26. The molecular formula is C10H14N2OS. The number of aromatic hydroxyl groups is 1. The molecule has 14 heavy (non-hydrogen) atoms. The van der Waals surface area contributed by atoms with Gasteiger partial charge in [-0.15, -0.1) is 0 Å². The molecule has 1 fully saturated rings. The summed E-state index contributed by atoms with van der Waals surface area (Å²) in [6.07, 6.45) is 2.74. The van der Waals surface area contributed by atoms with Crippen LogP contribution < -0.4 is 5.32 Å². The molecule has 0 saturated carbocycles. The third-order valence-electron chi connectivity index (χ3n) is 2.31. The molecule has 1 atom stereocenters. The van der Waals surface area contributed by atoms with E-state index >= 15 is 0 Å². The standard InChI is InChI=1S/C10H14N2OS/c13-10-2-1-8(12-6-10)5-11-9-3-4-14-7-9/h1-2,6,9,11,13H,3-5,7H2. The maximum absolute atomic E-state index is 9.05. The van der Waals surface area contributed by atoms with Crippen LogP contribution in [0.15, 0.2) is 18.3 Å². The van der Waals surface area contributed by atoms with E-state index in [1.807, 2.05) is 17.8 Å². The van der Waals surface area contributed by atoms with Gasteiger partial charge in [0.2, 0.25) is 0 Å². The fraction of sp³-hybridized carbons (Fsp3) is 0.500. The van der Waals surface area contributed by atoms with Crippen LogP contribution >= 0.6 is 11.8 Å². The largest absolute Gasteiger partial charge is 0.506 e. The lowest BCUT2D eigenvalue weighted by Gasteiger charge is -2.10. The van der Waals surface area contributed by atoms with Gasteiger partial charge in [-0.25, -0.2) is 0 Å². The zero-order valence-electron chi connectivity index (χ0n) is 7.94. The van der Waals surface area contributed by atoms with Crippen molar-refractivity contribution in [3.63, 3.8) is 0 Å². The summed E-state index contributed by atoms with van der Waals surface area (Å²) in [4.78, 5) is 4.12. The predicted molar refractivity (Wildman–Crippen MR) is 58.5 cm³/mol. The number of thioether (sulfide) groups is 1. The first kappa shape index (κ1) is 9.80. The van der Waals surface area contributed by atoms with Gasteiger partial charge < -0.3 is 10.4 Å². The molecule has 2 heterocycles. The molecule has 2 N–H and O–H groups in total. The zero-order chi connectivity index (χ0) is 9.80. The third-order valence-corrected chi connectivity index (χ3v) is 3.47. The smallest absolute Gasteiger partial charge is 0.133 e. The van der Waals surface area contributed by atoms with Crippen molar-refractivity contribution in [2.24, 2.45) is 0 Å². The SMILES string of the molecule is Oc1ccc(CNC2CCSC2)nc1. The number of pyridine rings is 1. The minimum atomic E-state index is 0.227. The van der Waals surface area contributed by atoms with Crippen molar-refractivity contribution >= 4 is 11.8 Å². The van der Waals surface area contributed by atoms with Crippen LogP contribution in [-0.4, -0.2) is 27.6 Å². The molecular weight excluding hydrogens is 196 g/mol. The second-order valence-electron chi connectivity index (χ2n) is 3.45. The van der Waals surface area contributed by atoms with Gasteiger partial charge in [0.15, 0.2) is 0 Å². The Morgan fingerprint density at radius 3 is 3.14 bits per heavy atom. The lowest BCUT2D eigenvalue weighted by Crippen LogP contribution is -2.28. The van der Waals surface area contributed by atoms with E-state index in [0.29, 0.717) is 6.04 Å². The van der Waals surface area contributed by atoms with Crippen molar-refractivity contribution in [2.45, 2.75) is 19.0 Å². The summed E-state index contributed by atoms with van der Waals surface area (Å²) < 4.78 is 0. The summed E-state index contributed by atoms with van der Waals surface area (Å²) in [5, 5.41) is 12.5. The minimum absolute atomic E-state index is 0.227. The van der Waals surface area contributed by atoms with Gasteiger partial charge in [0.25, 0.3) is 0 Å². The highest BCUT2D eigenvalue weighted by Crippen LogP contribution is 2.17. The van der Waals surface area contributed by atoms with Crippen molar-refractivity contribution in [1.82, 2.24) is 10.3 Å². The predicted octanol–water partition coefficient (Wildman–Crippen LogP) is 1.38. The van der Waals surface area contributed by atoms with Gasteiger partial charge in [-0.1, -0.05) is 0 Å². The molecule has 3 nitrogen and oxygen atoms in total. The second-order valence-corrected chi connectivity index (χ2v) is 4.60. The Bertz CT molecular complexity index is 283. The molecule has 4 heteroatoms. The molecule has 0 aromatic carbocycles. The Morgan fingerprint density at radius 1 is 1.57 bits per heavy atom. The van der Waals surface area contributed by atoms with Crippen molar-refractivity contribution in [3.05, 3.63) is 24.0 Å². The Balaban J connectivity index is 1.82. The molecule has 1 unspecified atom stereocenters. The summed E-state index contributed by atoms with van der Waals surface area (Å²) in [5.74, 6) is 2.70. The Labute approximate surface area is 87.9 Å². The van der Waals surface area contributed by atoms with E-state index in [2.05, 4.69) is 10.3 Å². The highest BCUT2D eigenvalue weighted by molar-refractivity contribution is 7.99. The maximum Gasteiger partial charge on any atom is 0.133 e. The lowest BCUT2D eigenvalue weighted by molar-refractivity contribution is 0.471. The normalized spacial score (nSPS) is 21.3. The Morgan fingerprint density at radius 2 is 2.50 bits per heavy atom. The molecule has 0 spiro atoms. The van der Waals surface area contributed by atoms with Crippen LogP contribution in [0.3, 0.4) is 0 Å². The van der Waals surface area contributed by atoms with Gasteiger partial charge >= 0.3 is 0 Å². The highest BCUT2D eigenvalue weighted by atomic mass is 32.2. The first-order valence-corrected chi connectivity index (χ1v) is 5.95. The van der Waals surface area contributed by atoms with Crippen molar-refractivity contribution in [2.75, 3.05) is 11.5 Å². The summed E-state index contributed by atoms with van der Waals surface area (Å²) in [7, 11) is 0. The van der Waals surface area contributed by atoms with E-state index in [9.17, 15) is 0 Å². The number of aromatic nitrogens is 1. The minimum Gasteiger partial charge on any atom is -0.506 e. The van der Waals surface area contributed by atoms with E-state index in [4.69, 9.17) is 5.11 Å². The van der Waals surface area contributed by atoms with Crippen molar-refractivity contribution in [1.29, 1.82) is 0 Å². The number of nitrogens with zero attached hydrogens (tertiary/aromatic N) is 1. The number of hydrogen-bond donors (Lipinski definition) is 2. The lowest BCUT2D eigenvalue weighted by atomic mass is 10.2. The molecule has 1 aliphatic heterocycles. The molecule has 1 aromatic rings. The number of nitrogens with one attached hydrogen (secondary N) is 1. The van der Waals surface area contributed by atoms with Gasteiger partial charge in [0, 0.05) is 18.3 Å². The first-order chi connectivity index (χ1) is 6.84. The van der Waals surface area contributed by atoms with E-state index in [1.54, 1.807) is 6.07 Å². The average Bonchev–Trinajstić information content (AvgIpc) is 2.70. The first-order valence-electron chi connectivity index (χ1n) is 4.79. The molecule has 76 valence electrons. The molecule has 1 aromatic heterocycles. The quantitative estimate of drug-likeness (QED) is 0.791. The number of hydrogen-bond acceptors (Lipinski definition) is 4. The summed E-state index contributed by atoms with van der Waals surface area (Å²) in [6.45, 7) is 0.797. The average molecular weight is 210 g/mol. The van der Waals surface area contributed by atoms with Gasteiger partial charge in [-0.3, -0.25) is 4.98 Å². The van der Waals surface area contributed by atoms with Crippen LogP contribution in [0.25, 0.3) is 0 Å². The van der Waals surface area contributed by atoms with Crippen molar-refractivity contribution < 1.29 is 5.11 Å². The molecule has 0 bridgehead atoms. The van der Waals surface area contributed by atoms with Gasteiger partial charge in [0.05, 0.1) is 11.9 Å². The van der Waals surface area contributed by atoms with Crippen molar-refractivity contribution in [3.8, 4) is 5.75 Å². The fourth-order valence-corrected chi connectivity index (χ4v) is 2.65. The topological polar surface area (TPSA) is 45.1 Å². The van der Waals surface area contributed by atoms with E-state index < -0.39 is 0 Å². The zero-order valence-corrected chi connectivity index (χ0v) is 8.76. The van der Waals surface area contributed by atoms with Crippen LogP contribution in [0, 0.1) is 0 Å². The third kappa shape index (κ3) is 2.62. The Hall–Kier alpha value is -0.740. The van der Waals surface area contributed by atoms with Crippen LogP contribution in [0.2, 0.25) is 0 Å².